The largest absolute Gasteiger partial charge is 0.391 e. The van der Waals surface area contributed by atoms with Crippen molar-refractivity contribution in [2.45, 2.75) is 31.9 Å². The van der Waals surface area contributed by atoms with Crippen molar-refractivity contribution in [2.75, 3.05) is 31.1 Å². The lowest BCUT2D eigenvalue weighted by Gasteiger charge is -2.34. The third kappa shape index (κ3) is 3.70. The maximum absolute atomic E-state index is 13.1. The fraction of sp³-hybridized carbons (Fsp3) is 0.526. The number of carbonyl (C=O) groups excluding carboxylic acids is 1. The Labute approximate surface area is 160 Å². The lowest BCUT2D eigenvalue weighted by molar-refractivity contribution is -0.183. The molecule has 2 aliphatic heterocycles. The third-order valence-corrected chi connectivity index (χ3v) is 5.61. The van der Waals surface area contributed by atoms with Crippen molar-refractivity contribution in [3.63, 3.8) is 0 Å². The molecule has 9 heteroatoms. The van der Waals surface area contributed by atoms with Crippen LogP contribution in [0.5, 0.6) is 0 Å². The van der Waals surface area contributed by atoms with Crippen molar-refractivity contribution in [3.8, 4) is 11.4 Å². The minimum atomic E-state index is -4.19. The Morgan fingerprint density at radius 2 is 1.82 bits per heavy atom. The molecule has 2 saturated heterocycles. The Morgan fingerprint density at radius 1 is 1.11 bits per heavy atom. The molecule has 4 rings (SSSR count). The Kier molecular flexibility index (Phi) is 4.99. The van der Waals surface area contributed by atoms with Gasteiger partial charge in [-0.3, -0.25) is 9.89 Å². The van der Waals surface area contributed by atoms with E-state index in [1.165, 1.54) is 6.33 Å². The smallest absolute Gasteiger partial charge is 0.371 e. The summed E-state index contributed by atoms with van der Waals surface area (Å²) in [6.45, 7) is 1.98. The highest BCUT2D eigenvalue weighted by molar-refractivity contribution is 6.00. The Balaban J connectivity index is 1.59. The van der Waals surface area contributed by atoms with Crippen molar-refractivity contribution in [1.29, 1.82) is 0 Å². The number of piperidine rings is 1. The van der Waals surface area contributed by atoms with Crippen LogP contribution in [0.2, 0.25) is 0 Å². The third-order valence-electron chi connectivity index (χ3n) is 5.61. The van der Waals surface area contributed by atoms with Crippen LogP contribution in [-0.2, 0) is 0 Å². The van der Waals surface area contributed by atoms with Gasteiger partial charge in [-0.05, 0) is 37.8 Å². The van der Waals surface area contributed by atoms with Crippen LogP contribution < -0.4 is 4.90 Å². The van der Waals surface area contributed by atoms with E-state index in [4.69, 9.17) is 0 Å². The van der Waals surface area contributed by atoms with Gasteiger partial charge in [0.15, 0.2) is 5.82 Å². The fourth-order valence-electron chi connectivity index (χ4n) is 4.00. The summed E-state index contributed by atoms with van der Waals surface area (Å²) in [5.74, 6) is -0.902. The second-order valence-electron chi connectivity index (χ2n) is 7.37. The highest BCUT2D eigenvalue weighted by Gasteiger charge is 2.42. The number of carbonyl (C=O) groups is 1. The van der Waals surface area contributed by atoms with Gasteiger partial charge in [0, 0.05) is 31.7 Å². The summed E-state index contributed by atoms with van der Waals surface area (Å²) >= 11 is 0. The van der Waals surface area contributed by atoms with Gasteiger partial charge in [-0.2, -0.15) is 18.3 Å². The predicted octanol–water partition coefficient (Wildman–Crippen LogP) is 3.49. The normalized spacial score (nSPS) is 18.7. The van der Waals surface area contributed by atoms with Gasteiger partial charge in [0.25, 0.3) is 5.91 Å². The Bertz CT molecular complexity index is 823. The summed E-state index contributed by atoms with van der Waals surface area (Å²) in [4.78, 5) is 21.0. The zero-order valence-corrected chi connectivity index (χ0v) is 15.4. The number of hydrogen-bond acceptors (Lipinski definition) is 4. The van der Waals surface area contributed by atoms with E-state index in [0.29, 0.717) is 11.4 Å². The number of halogens is 3. The second kappa shape index (κ2) is 7.44. The van der Waals surface area contributed by atoms with Crippen molar-refractivity contribution in [3.05, 3.63) is 30.1 Å². The molecule has 28 heavy (non-hydrogen) atoms. The van der Waals surface area contributed by atoms with E-state index in [1.54, 1.807) is 17.0 Å². The molecule has 2 fully saturated rings. The summed E-state index contributed by atoms with van der Waals surface area (Å²) in [6.07, 6.45) is -0.730. The number of hydrogen-bond donors (Lipinski definition) is 1. The molecule has 3 heterocycles. The van der Waals surface area contributed by atoms with E-state index in [1.807, 2.05) is 6.07 Å². The maximum atomic E-state index is 13.1. The molecule has 0 spiro atoms. The van der Waals surface area contributed by atoms with Crippen molar-refractivity contribution < 1.29 is 18.0 Å². The van der Waals surface area contributed by atoms with Gasteiger partial charge in [-0.15, -0.1) is 0 Å². The quantitative estimate of drug-likeness (QED) is 0.867. The first kappa shape index (κ1) is 18.8. The molecule has 2 aromatic rings. The number of alkyl halides is 3. The van der Waals surface area contributed by atoms with Crippen LogP contribution in [0.25, 0.3) is 11.4 Å². The minimum Gasteiger partial charge on any atom is -0.371 e. The number of benzene rings is 1. The zero-order valence-electron chi connectivity index (χ0n) is 15.4. The number of aromatic nitrogens is 3. The maximum Gasteiger partial charge on any atom is 0.391 e. The lowest BCUT2D eigenvalue weighted by atomic mass is 9.95. The molecule has 0 atom stereocenters. The second-order valence-corrected chi connectivity index (χ2v) is 7.37. The van der Waals surface area contributed by atoms with Crippen molar-refractivity contribution in [1.82, 2.24) is 20.1 Å². The standard InChI is InChI=1S/C19H22F3N5O/c20-19(21,22)14-5-9-27(10-6-14)18(28)15-4-3-13(17-23-12-24-25-17)11-16(15)26-7-1-2-8-26/h3-4,11-12,14H,1-2,5-10H2,(H,23,24,25). The summed E-state index contributed by atoms with van der Waals surface area (Å²) in [5.41, 5.74) is 2.18. The van der Waals surface area contributed by atoms with Crippen molar-refractivity contribution in [2.24, 2.45) is 5.92 Å². The molecule has 1 aromatic carbocycles. The first-order chi connectivity index (χ1) is 13.4. The number of nitrogens with zero attached hydrogens (tertiary/aromatic N) is 4. The van der Waals surface area contributed by atoms with Crippen LogP contribution in [0.15, 0.2) is 24.5 Å². The van der Waals surface area contributed by atoms with Crippen LogP contribution in [0, 0.1) is 5.92 Å². The molecule has 1 N–H and O–H groups in total. The van der Waals surface area contributed by atoms with E-state index in [0.717, 1.165) is 37.2 Å². The predicted molar refractivity (Wildman–Crippen MR) is 97.9 cm³/mol. The van der Waals surface area contributed by atoms with Crippen LogP contribution in [0.1, 0.15) is 36.0 Å². The summed E-state index contributed by atoms with van der Waals surface area (Å²) in [7, 11) is 0. The van der Waals surface area contributed by atoms with E-state index < -0.39 is 12.1 Å². The monoisotopic (exact) mass is 393 g/mol. The highest BCUT2D eigenvalue weighted by Crippen LogP contribution is 2.35. The van der Waals surface area contributed by atoms with Gasteiger partial charge >= 0.3 is 6.18 Å². The molecule has 0 saturated carbocycles. The molecule has 1 aromatic heterocycles. The van der Waals surface area contributed by atoms with Crippen molar-refractivity contribution >= 4 is 11.6 Å². The Morgan fingerprint density at radius 3 is 2.43 bits per heavy atom. The number of anilines is 1. The summed E-state index contributed by atoms with van der Waals surface area (Å²) < 4.78 is 38.7. The highest BCUT2D eigenvalue weighted by atomic mass is 19.4. The number of H-pyrrole nitrogens is 1. The van der Waals surface area contributed by atoms with Crippen LogP contribution in [0.3, 0.4) is 0 Å². The van der Waals surface area contributed by atoms with Crippen LogP contribution in [-0.4, -0.2) is 58.3 Å². The number of amides is 1. The molecule has 0 radical (unpaired) electrons. The molecule has 150 valence electrons. The number of aromatic amines is 1. The molecular weight excluding hydrogens is 371 g/mol. The molecule has 1 amide bonds. The van der Waals surface area contributed by atoms with E-state index in [2.05, 4.69) is 20.1 Å². The molecular formula is C19H22F3N5O. The molecule has 0 aliphatic carbocycles. The average molecular weight is 393 g/mol. The van der Waals surface area contributed by atoms with Gasteiger partial charge in [-0.25, -0.2) is 4.98 Å². The topological polar surface area (TPSA) is 65.1 Å². The minimum absolute atomic E-state index is 0.0373. The van der Waals surface area contributed by atoms with Gasteiger partial charge in [-0.1, -0.05) is 6.07 Å². The van der Waals surface area contributed by atoms with Gasteiger partial charge in [0.1, 0.15) is 6.33 Å². The number of rotatable bonds is 3. The number of likely N-dealkylation sites (tertiary alicyclic amines) is 1. The molecule has 6 nitrogen and oxygen atoms in total. The number of nitrogens with one attached hydrogen (secondary N) is 1. The summed E-state index contributed by atoms with van der Waals surface area (Å²) in [5, 5.41) is 6.69. The van der Waals surface area contributed by atoms with E-state index in [9.17, 15) is 18.0 Å². The van der Waals surface area contributed by atoms with Crippen LogP contribution in [0.4, 0.5) is 18.9 Å². The average Bonchev–Trinajstić information content (AvgIpc) is 3.40. The molecule has 0 unspecified atom stereocenters. The van der Waals surface area contributed by atoms with Gasteiger partial charge in [0.05, 0.1) is 17.2 Å². The van der Waals surface area contributed by atoms with Crippen LogP contribution >= 0.6 is 0 Å². The zero-order chi connectivity index (χ0) is 19.7. The Hall–Kier alpha value is -2.58. The SMILES string of the molecule is O=C(c1ccc(-c2ncn[nH]2)cc1N1CCCC1)N1CCC(C(F)(F)F)CC1. The van der Waals surface area contributed by atoms with Gasteiger partial charge < -0.3 is 9.80 Å². The molecule has 0 bridgehead atoms. The van der Waals surface area contributed by atoms with Gasteiger partial charge in [0.2, 0.25) is 0 Å². The first-order valence-corrected chi connectivity index (χ1v) is 9.54. The lowest BCUT2D eigenvalue weighted by Crippen LogP contribution is -2.42. The summed E-state index contributed by atoms with van der Waals surface area (Å²) in [6, 6.07) is 5.47. The molecule has 2 aliphatic rings. The van der Waals surface area contributed by atoms with E-state index in [-0.39, 0.29) is 31.8 Å². The fourth-order valence-corrected chi connectivity index (χ4v) is 4.00. The first-order valence-electron chi connectivity index (χ1n) is 9.54. The van der Waals surface area contributed by atoms with E-state index >= 15 is 0 Å².